The number of ether oxygens (including phenoxy) is 5. The SMILES string of the molecule is Cc1ncsc1-c1ccc(CNC(=O)C2C[C@@H](O)CN2C(=O)[C@@H](NC(=O)COCCOCCOCCOCCc2ccc(CO[C@H](C)[C@@H](N)CCC(N)=O)cc2)C(C)(C)C)cc1. The number of aromatic nitrogens is 1. The number of nitrogens with zero attached hydrogens (tertiary/aromatic N) is 2. The molecule has 0 bridgehead atoms. The molecule has 4 rings (SSSR count). The number of hydrogen-bond acceptors (Lipinski definition) is 13. The summed E-state index contributed by atoms with van der Waals surface area (Å²) in [5.74, 6) is -1.66. The van der Waals surface area contributed by atoms with E-state index in [0.29, 0.717) is 46.1 Å². The van der Waals surface area contributed by atoms with Crippen LogP contribution in [-0.4, -0.2) is 128 Å². The van der Waals surface area contributed by atoms with Crippen molar-refractivity contribution in [1.29, 1.82) is 0 Å². The fourth-order valence-corrected chi connectivity index (χ4v) is 7.51. The van der Waals surface area contributed by atoms with E-state index in [-0.39, 0.29) is 69.7 Å². The van der Waals surface area contributed by atoms with Crippen LogP contribution in [0.5, 0.6) is 0 Å². The first-order valence-corrected chi connectivity index (χ1v) is 22.1. The lowest BCUT2D eigenvalue weighted by Crippen LogP contribution is -2.58. The Kier molecular flexibility index (Phi) is 20.9. The van der Waals surface area contributed by atoms with Crippen molar-refractivity contribution in [2.45, 2.75) is 104 Å². The van der Waals surface area contributed by atoms with Gasteiger partial charge in [-0.05, 0) is 54.4 Å². The number of nitrogens with one attached hydrogen (secondary N) is 2. The normalized spacial score (nSPS) is 16.8. The lowest BCUT2D eigenvalue weighted by Gasteiger charge is -2.35. The Balaban J connectivity index is 1.05. The van der Waals surface area contributed by atoms with Gasteiger partial charge in [-0.3, -0.25) is 19.2 Å². The number of carbonyl (C=O) groups excluding carboxylic acids is 4. The van der Waals surface area contributed by atoms with Crippen molar-refractivity contribution in [3.63, 3.8) is 0 Å². The second kappa shape index (κ2) is 25.7. The molecule has 5 atom stereocenters. The monoisotopic (exact) mass is 882 g/mol. The van der Waals surface area contributed by atoms with Crippen LogP contribution < -0.4 is 22.1 Å². The molecule has 17 heteroatoms. The van der Waals surface area contributed by atoms with E-state index in [0.717, 1.165) is 39.2 Å². The van der Waals surface area contributed by atoms with Gasteiger partial charge in [0.05, 0.1) is 81.1 Å². The van der Waals surface area contributed by atoms with Gasteiger partial charge in [-0.1, -0.05) is 69.3 Å². The third-order valence-electron chi connectivity index (χ3n) is 10.5. The minimum absolute atomic E-state index is 0.0134. The minimum atomic E-state index is -0.958. The van der Waals surface area contributed by atoms with Gasteiger partial charge in [-0.15, -0.1) is 11.3 Å². The highest BCUT2D eigenvalue weighted by Gasteiger charge is 2.44. The van der Waals surface area contributed by atoms with Crippen LogP contribution >= 0.6 is 11.3 Å². The number of aliphatic hydroxyl groups is 1. The minimum Gasteiger partial charge on any atom is -0.391 e. The molecule has 2 heterocycles. The molecule has 342 valence electrons. The molecule has 1 unspecified atom stereocenters. The van der Waals surface area contributed by atoms with Gasteiger partial charge in [-0.25, -0.2) is 4.98 Å². The van der Waals surface area contributed by atoms with E-state index in [1.165, 1.54) is 4.90 Å². The van der Waals surface area contributed by atoms with Crippen molar-refractivity contribution in [2.75, 3.05) is 59.4 Å². The quantitative estimate of drug-likeness (QED) is 0.0697. The van der Waals surface area contributed by atoms with Crippen molar-refractivity contribution in [3.05, 3.63) is 76.4 Å². The summed E-state index contributed by atoms with van der Waals surface area (Å²) < 4.78 is 28.2. The Labute approximate surface area is 369 Å². The molecule has 1 aliphatic rings. The van der Waals surface area contributed by atoms with Crippen LogP contribution in [0.4, 0.5) is 0 Å². The van der Waals surface area contributed by atoms with Gasteiger partial charge in [0.15, 0.2) is 0 Å². The highest BCUT2D eigenvalue weighted by atomic mass is 32.1. The number of nitrogens with two attached hydrogens (primary N) is 2. The van der Waals surface area contributed by atoms with Crippen LogP contribution in [0.1, 0.15) is 69.3 Å². The summed E-state index contributed by atoms with van der Waals surface area (Å²) in [5, 5.41) is 16.2. The molecule has 4 amide bonds. The third kappa shape index (κ3) is 17.1. The topological polar surface area (TPSA) is 227 Å². The van der Waals surface area contributed by atoms with Crippen molar-refractivity contribution < 1.29 is 48.0 Å². The molecule has 2 aromatic carbocycles. The van der Waals surface area contributed by atoms with Crippen LogP contribution in [0.3, 0.4) is 0 Å². The first-order chi connectivity index (χ1) is 29.6. The predicted octanol–water partition coefficient (Wildman–Crippen LogP) is 3.03. The van der Waals surface area contributed by atoms with Crippen LogP contribution in [0, 0.1) is 12.3 Å². The molecule has 0 radical (unpaired) electrons. The summed E-state index contributed by atoms with van der Waals surface area (Å²) in [6, 6.07) is 13.9. The molecule has 3 aromatic rings. The summed E-state index contributed by atoms with van der Waals surface area (Å²) in [7, 11) is 0. The van der Waals surface area contributed by atoms with E-state index < -0.39 is 35.4 Å². The second-order valence-electron chi connectivity index (χ2n) is 16.6. The van der Waals surface area contributed by atoms with Gasteiger partial charge in [0.25, 0.3) is 0 Å². The van der Waals surface area contributed by atoms with Crippen molar-refractivity contribution in [1.82, 2.24) is 20.5 Å². The molecule has 16 nitrogen and oxygen atoms in total. The van der Waals surface area contributed by atoms with Crippen LogP contribution in [0.2, 0.25) is 0 Å². The molecule has 62 heavy (non-hydrogen) atoms. The van der Waals surface area contributed by atoms with E-state index in [2.05, 4.69) is 15.6 Å². The lowest BCUT2D eigenvalue weighted by atomic mass is 9.85. The van der Waals surface area contributed by atoms with E-state index in [9.17, 15) is 24.3 Å². The number of primary amides is 1. The van der Waals surface area contributed by atoms with Gasteiger partial charge < -0.3 is 55.8 Å². The van der Waals surface area contributed by atoms with Gasteiger partial charge in [0.2, 0.25) is 23.6 Å². The molecule has 1 saturated heterocycles. The van der Waals surface area contributed by atoms with E-state index in [4.69, 9.17) is 35.2 Å². The third-order valence-corrected chi connectivity index (χ3v) is 11.4. The fourth-order valence-electron chi connectivity index (χ4n) is 6.69. The lowest BCUT2D eigenvalue weighted by molar-refractivity contribution is -0.144. The standard InChI is InChI=1S/C45H66N6O10S/c1-30-41(62-29-49-30)35-12-10-33(11-13-35)25-48-43(55)38-24-36(52)26-51(38)44(56)42(45(3,4)5)50-40(54)28-60-23-22-59-21-20-58-19-18-57-17-16-32-6-8-34(9-7-32)27-61-31(2)37(46)14-15-39(47)53/h6-13,29,31,36-38,42,52H,14-28,46H2,1-5H3,(H2,47,53)(H,48,55)(H,50,54)/t31-,36-,37+,38?,42-/m1/s1. The summed E-state index contributed by atoms with van der Waals surface area (Å²) in [6.07, 6.45) is 0.540. The summed E-state index contributed by atoms with van der Waals surface area (Å²) in [4.78, 5) is 57.9. The average molecular weight is 883 g/mol. The number of hydrogen-bond donors (Lipinski definition) is 5. The van der Waals surface area contributed by atoms with Gasteiger partial charge >= 0.3 is 0 Å². The smallest absolute Gasteiger partial charge is 0.246 e. The van der Waals surface area contributed by atoms with Gasteiger partial charge in [-0.2, -0.15) is 0 Å². The van der Waals surface area contributed by atoms with Crippen LogP contribution in [-0.2, 0) is 62.4 Å². The van der Waals surface area contributed by atoms with E-state index >= 15 is 0 Å². The number of aryl methyl sites for hydroxylation is 1. The van der Waals surface area contributed by atoms with Gasteiger partial charge in [0, 0.05) is 32.0 Å². The zero-order valence-corrected chi connectivity index (χ0v) is 37.6. The highest BCUT2D eigenvalue weighted by Crippen LogP contribution is 2.28. The molecular weight excluding hydrogens is 817 g/mol. The molecule has 0 saturated carbocycles. The Morgan fingerprint density at radius 3 is 2.10 bits per heavy atom. The van der Waals surface area contributed by atoms with Crippen molar-refractivity contribution >= 4 is 35.0 Å². The number of β-amino-alcohol motifs (C(OH)–C–C–N with tert-alkyl or cyclic N) is 1. The number of carbonyl (C=O) groups is 4. The molecule has 0 aliphatic carbocycles. The van der Waals surface area contributed by atoms with Crippen LogP contribution in [0.15, 0.2) is 54.0 Å². The zero-order chi connectivity index (χ0) is 45.1. The first-order valence-electron chi connectivity index (χ1n) is 21.2. The number of likely N-dealkylation sites (tertiary alicyclic amines) is 1. The first kappa shape index (κ1) is 50.3. The molecule has 0 spiro atoms. The molecule has 7 N–H and O–H groups in total. The van der Waals surface area contributed by atoms with Crippen LogP contribution in [0.25, 0.3) is 10.4 Å². The number of amides is 4. The Hall–Kier alpha value is -4.33. The van der Waals surface area contributed by atoms with Crippen molar-refractivity contribution in [2.24, 2.45) is 16.9 Å². The molecule has 1 fully saturated rings. The number of aliphatic hydroxyl groups excluding tert-OH is 1. The summed E-state index contributed by atoms with van der Waals surface area (Å²) >= 11 is 1.57. The Morgan fingerprint density at radius 2 is 1.50 bits per heavy atom. The number of rotatable bonds is 27. The molecule has 1 aliphatic heterocycles. The predicted molar refractivity (Wildman–Crippen MR) is 236 cm³/mol. The molecule has 1 aromatic heterocycles. The van der Waals surface area contributed by atoms with E-state index in [1.54, 1.807) is 11.3 Å². The average Bonchev–Trinajstić information content (AvgIpc) is 3.86. The van der Waals surface area contributed by atoms with Crippen molar-refractivity contribution in [3.8, 4) is 10.4 Å². The summed E-state index contributed by atoms with van der Waals surface area (Å²) in [5.41, 5.74) is 17.5. The fraction of sp³-hybridized carbons (Fsp3) is 0.578. The maximum atomic E-state index is 13.9. The largest absolute Gasteiger partial charge is 0.391 e. The van der Waals surface area contributed by atoms with E-state index in [1.807, 2.05) is 88.7 Å². The summed E-state index contributed by atoms with van der Waals surface area (Å²) in [6.45, 7) is 12.3. The van der Waals surface area contributed by atoms with Gasteiger partial charge in [0.1, 0.15) is 18.7 Å². The number of benzene rings is 2. The highest BCUT2D eigenvalue weighted by molar-refractivity contribution is 7.13. The second-order valence-corrected chi connectivity index (χ2v) is 17.4. The maximum Gasteiger partial charge on any atom is 0.246 e. The zero-order valence-electron chi connectivity index (χ0n) is 36.8. The Morgan fingerprint density at radius 1 is 0.903 bits per heavy atom. The Bertz CT molecular complexity index is 1840. The molecular formula is C45H66N6O10S. The number of thiazole rings is 1. The maximum absolute atomic E-state index is 13.9.